The van der Waals surface area contributed by atoms with Crippen LogP contribution in [-0.2, 0) is 4.74 Å². The van der Waals surface area contributed by atoms with E-state index in [9.17, 15) is 0 Å². The first-order valence-corrected chi connectivity index (χ1v) is 7.24. The van der Waals surface area contributed by atoms with Crippen molar-refractivity contribution in [2.45, 2.75) is 44.6 Å². The number of piperidine rings is 1. The fourth-order valence-corrected chi connectivity index (χ4v) is 3.39. The highest BCUT2D eigenvalue weighted by atomic mass is 16.5. The molecule has 2 aliphatic heterocycles. The van der Waals surface area contributed by atoms with Crippen molar-refractivity contribution in [3.63, 3.8) is 0 Å². The SMILES string of the molecule is CCC1(CN2CCC(COC)CC2)CCCN1. The van der Waals surface area contributed by atoms with E-state index in [0.717, 1.165) is 12.5 Å². The molecule has 1 unspecified atom stereocenters. The first-order chi connectivity index (χ1) is 8.28. The number of likely N-dealkylation sites (tertiary alicyclic amines) is 1. The summed E-state index contributed by atoms with van der Waals surface area (Å²) in [6, 6.07) is 0. The number of methoxy groups -OCH3 is 1. The van der Waals surface area contributed by atoms with Gasteiger partial charge in [0.15, 0.2) is 0 Å². The molecule has 0 aliphatic carbocycles. The zero-order valence-corrected chi connectivity index (χ0v) is 11.5. The Kier molecular flexibility index (Phi) is 4.83. The van der Waals surface area contributed by atoms with Gasteiger partial charge in [-0.15, -0.1) is 0 Å². The molecule has 3 nitrogen and oxygen atoms in total. The highest BCUT2D eigenvalue weighted by Gasteiger charge is 2.34. The van der Waals surface area contributed by atoms with Crippen LogP contribution in [0.4, 0.5) is 0 Å². The molecule has 2 aliphatic rings. The van der Waals surface area contributed by atoms with Crippen molar-refractivity contribution >= 4 is 0 Å². The summed E-state index contributed by atoms with van der Waals surface area (Å²) in [4.78, 5) is 2.66. The van der Waals surface area contributed by atoms with Gasteiger partial charge in [0.05, 0.1) is 0 Å². The van der Waals surface area contributed by atoms with Crippen LogP contribution in [0, 0.1) is 5.92 Å². The first kappa shape index (κ1) is 13.3. The number of hydrogen-bond acceptors (Lipinski definition) is 3. The van der Waals surface area contributed by atoms with Gasteiger partial charge in [0.25, 0.3) is 0 Å². The predicted molar refractivity (Wildman–Crippen MR) is 71.3 cm³/mol. The third-order valence-corrected chi connectivity index (χ3v) is 4.64. The van der Waals surface area contributed by atoms with Crippen LogP contribution in [-0.4, -0.2) is 50.3 Å². The Balaban J connectivity index is 1.77. The molecule has 0 aromatic carbocycles. The number of nitrogens with zero attached hydrogens (tertiary/aromatic N) is 1. The minimum atomic E-state index is 0.425. The van der Waals surface area contributed by atoms with E-state index in [2.05, 4.69) is 17.1 Å². The molecule has 2 saturated heterocycles. The monoisotopic (exact) mass is 240 g/mol. The summed E-state index contributed by atoms with van der Waals surface area (Å²) >= 11 is 0. The fraction of sp³-hybridized carbons (Fsp3) is 1.00. The van der Waals surface area contributed by atoms with Crippen molar-refractivity contribution in [1.29, 1.82) is 0 Å². The maximum Gasteiger partial charge on any atom is 0.0491 e. The highest BCUT2D eigenvalue weighted by Crippen LogP contribution is 2.26. The van der Waals surface area contributed by atoms with E-state index in [4.69, 9.17) is 4.74 Å². The van der Waals surface area contributed by atoms with Crippen LogP contribution in [0.25, 0.3) is 0 Å². The molecule has 2 fully saturated rings. The van der Waals surface area contributed by atoms with Crippen LogP contribution in [0.2, 0.25) is 0 Å². The lowest BCUT2D eigenvalue weighted by molar-refractivity contribution is 0.0851. The van der Waals surface area contributed by atoms with E-state index in [-0.39, 0.29) is 0 Å². The molecule has 0 radical (unpaired) electrons. The molecular weight excluding hydrogens is 212 g/mol. The van der Waals surface area contributed by atoms with Crippen LogP contribution in [0.15, 0.2) is 0 Å². The summed E-state index contributed by atoms with van der Waals surface area (Å²) in [5.41, 5.74) is 0.425. The zero-order chi connectivity index (χ0) is 12.1. The molecular formula is C14H28N2O. The Morgan fingerprint density at radius 1 is 1.35 bits per heavy atom. The number of nitrogens with one attached hydrogen (secondary N) is 1. The molecule has 0 spiro atoms. The Labute approximate surface area is 106 Å². The van der Waals surface area contributed by atoms with Crippen LogP contribution in [0.5, 0.6) is 0 Å². The summed E-state index contributed by atoms with van der Waals surface area (Å²) in [5, 5.41) is 3.74. The zero-order valence-electron chi connectivity index (χ0n) is 11.5. The van der Waals surface area contributed by atoms with Crippen molar-refractivity contribution in [2.24, 2.45) is 5.92 Å². The Bertz CT molecular complexity index is 218. The number of rotatable bonds is 5. The standard InChI is InChI=1S/C14H28N2O/c1-3-14(7-4-8-15-14)12-16-9-5-13(6-10-16)11-17-2/h13,15H,3-12H2,1-2H3. The minimum Gasteiger partial charge on any atom is -0.384 e. The largest absolute Gasteiger partial charge is 0.384 e. The number of ether oxygens (including phenoxy) is 1. The second kappa shape index (κ2) is 6.17. The molecule has 2 heterocycles. The van der Waals surface area contributed by atoms with Gasteiger partial charge in [-0.25, -0.2) is 0 Å². The molecule has 1 N–H and O–H groups in total. The molecule has 3 heteroatoms. The predicted octanol–water partition coefficient (Wildman–Crippen LogP) is 1.88. The quantitative estimate of drug-likeness (QED) is 0.794. The van der Waals surface area contributed by atoms with Gasteiger partial charge in [-0.1, -0.05) is 6.92 Å². The van der Waals surface area contributed by atoms with Gasteiger partial charge in [-0.2, -0.15) is 0 Å². The van der Waals surface area contributed by atoms with Gasteiger partial charge in [0.2, 0.25) is 0 Å². The highest BCUT2D eigenvalue weighted by molar-refractivity contribution is 4.95. The summed E-state index contributed by atoms with van der Waals surface area (Å²) < 4.78 is 5.26. The van der Waals surface area contributed by atoms with Crippen molar-refractivity contribution in [3.8, 4) is 0 Å². The Hall–Kier alpha value is -0.120. The van der Waals surface area contributed by atoms with E-state index in [1.165, 1.54) is 58.3 Å². The summed E-state index contributed by atoms with van der Waals surface area (Å²) in [6.07, 6.45) is 6.61. The van der Waals surface area contributed by atoms with E-state index in [0.29, 0.717) is 5.54 Å². The van der Waals surface area contributed by atoms with Gasteiger partial charge < -0.3 is 15.0 Å². The topological polar surface area (TPSA) is 24.5 Å². The molecule has 1 atom stereocenters. The minimum absolute atomic E-state index is 0.425. The Morgan fingerprint density at radius 2 is 2.12 bits per heavy atom. The summed E-state index contributed by atoms with van der Waals surface area (Å²) in [6.45, 7) is 8.27. The average Bonchev–Trinajstić information content (AvgIpc) is 2.81. The lowest BCUT2D eigenvalue weighted by Gasteiger charge is -2.38. The smallest absolute Gasteiger partial charge is 0.0491 e. The fourth-order valence-electron chi connectivity index (χ4n) is 3.39. The van der Waals surface area contributed by atoms with E-state index >= 15 is 0 Å². The van der Waals surface area contributed by atoms with Crippen LogP contribution in [0.1, 0.15) is 39.0 Å². The van der Waals surface area contributed by atoms with Crippen LogP contribution >= 0.6 is 0 Å². The molecule has 0 aromatic rings. The lowest BCUT2D eigenvalue weighted by Crippen LogP contribution is -2.51. The molecule has 17 heavy (non-hydrogen) atoms. The second-order valence-electron chi connectivity index (χ2n) is 5.84. The van der Waals surface area contributed by atoms with Crippen LogP contribution in [0.3, 0.4) is 0 Å². The van der Waals surface area contributed by atoms with Crippen molar-refractivity contribution in [3.05, 3.63) is 0 Å². The second-order valence-corrected chi connectivity index (χ2v) is 5.84. The molecule has 0 aromatic heterocycles. The lowest BCUT2D eigenvalue weighted by atomic mass is 9.91. The third-order valence-electron chi connectivity index (χ3n) is 4.64. The van der Waals surface area contributed by atoms with Crippen molar-refractivity contribution in [2.75, 3.05) is 39.9 Å². The Morgan fingerprint density at radius 3 is 2.65 bits per heavy atom. The molecule has 2 rings (SSSR count). The first-order valence-electron chi connectivity index (χ1n) is 7.24. The van der Waals surface area contributed by atoms with Crippen LogP contribution < -0.4 is 5.32 Å². The maximum absolute atomic E-state index is 5.26. The van der Waals surface area contributed by atoms with E-state index < -0.39 is 0 Å². The molecule has 100 valence electrons. The van der Waals surface area contributed by atoms with Crippen molar-refractivity contribution < 1.29 is 4.74 Å². The average molecular weight is 240 g/mol. The van der Waals surface area contributed by atoms with Gasteiger partial charge in [0, 0.05) is 25.8 Å². The van der Waals surface area contributed by atoms with Gasteiger partial charge >= 0.3 is 0 Å². The maximum atomic E-state index is 5.26. The summed E-state index contributed by atoms with van der Waals surface area (Å²) in [7, 11) is 1.82. The molecule has 0 amide bonds. The summed E-state index contributed by atoms with van der Waals surface area (Å²) in [5.74, 6) is 0.797. The van der Waals surface area contributed by atoms with Crippen molar-refractivity contribution in [1.82, 2.24) is 10.2 Å². The third kappa shape index (κ3) is 3.43. The molecule has 0 bridgehead atoms. The van der Waals surface area contributed by atoms with E-state index in [1.807, 2.05) is 7.11 Å². The normalized spacial score (nSPS) is 32.1. The van der Waals surface area contributed by atoms with Gasteiger partial charge in [-0.3, -0.25) is 0 Å². The van der Waals surface area contributed by atoms with Gasteiger partial charge in [0.1, 0.15) is 0 Å². The number of hydrogen-bond donors (Lipinski definition) is 1. The molecule has 0 saturated carbocycles. The van der Waals surface area contributed by atoms with Gasteiger partial charge in [-0.05, 0) is 57.7 Å². The van der Waals surface area contributed by atoms with E-state index in [1.54, 1.807) is 0 Å².